The summed E-state index contributed by atoms with van der Waals surface area (Å²) in [6.45, 7) is 8.16. The highest BCUT2D eigenvalue weighted by Gasteiger charge is 2.41. The number of carbonyl (C=O) groups excluding carboxylic acids is 2. The minimum Gasteiger partial charge on any atom is -0.462 e. The van der Waals surface area contributed by atoms with E-state index in [1.54, 1.807) is 16.7 Å². The monoisotopic (exact) mass is 372 g/mol. The normalized spacial score (nSPS) is 20.2. The number of hydrogen-bond acceptors (Lipinski definition) is 5. The van der Waals surface area contributed by atoms with Gasteiger partial charge in [0.15, 0.2) is 5.17 Å². The first kappa shape index (κ1) is 18.7. The van der Waals surface area contributed by atoms with Gasteiger partial charge in [-0.3, -0.25) is 9.69 Å². The Morgan fingerprint density at radius 1 is 1.31 bits per heavy atom. The van der Waals surface area contributed by atoms with Crippen molar-refractivity contribution in [2.75, 3.05) is 12.4 Å². The molecular formula is C20H24N2O3S. The first-order chi connectivity index (χ1) is 12.4. The van der Waals surface area contributed by atoms with Crippen molar-refractivity contribution in [3.05, 3.63) is 46.7 Å². The number of fused-ring (bicyclic) bond motifs is 1. The smallest absolute Gasteiger partial charge is 0.338 e. The summed E-state index contributed by atoms with van der Waals surface area (Å²) in [5, 5.41) is 0.671. The summed E-state index contributed by atoms with van der Waals surface area (Å²) < 4.78 is 5.49. The summed E-state index contributed by atoms with van der Waals surface area (Å²) in [6, 6.07) is 7.45. The average Bonchev–Trinajstić information content (AvgIpc) is 2.59. The fourth-order valence-corrected chi connectivity index (χ4v) is 4.05. The molecule has 1 aromatic carbocycles. The standard InChI is InChI=1S/C20H24N2O3S/c1-12(2)11-25-19(24)17-14(4)21-20-22(16(23)9-10-26-20)18(17)15-7-5-13(3)6-8-15/h5-8,12,18H,9-11H2,1-4H3/t18-/m0/s1. The molecular weight excluding hydrogens is 348 g/mol. The van der Waals surface area contributed by atoms with E-state index >= 15 is 0 Å². The molecule has 26 heavy (non-hydrogen) atoms. The van der Waals surface area contributed by atoms with Crippen molar-refractivity contribution in [3.63, 3.8) is 0 Å². The van der Waals surface area contributed by atoms with Gasteiger partial charge in [0.05, 0.1) is 23.9 Å². The molecule has 138 valence electrons. The molecule has 0 aliphatic carbocycles. The van der Waals surface area contributed by atoms with Gasteiger partial charge < -0.3 is 4.74 Å². The summed E-state index contributed by atoms with van der Waals surface area (Å²) >= 11 is 1.56. The van der Waals surface area contributed by atoms with E-state index in [2.05, 4.69) is 4.99 Å². The predicted molar refractivity (Wildman–Crippen MR) is 104 cm³/mol. The van der Waals surface area contributed by atoms with Crippen LogP contribution in [0, 0.1) is 12.8 Å². The number of carbonyl (C=O) groups is 2. The van der Waals surface area contributed by atoms with Gasteiger partial charge in [-0.1, -0.05) is 55.4 Å². The molecule has 2 aliphatic heterocycles. The Kier molecular flexibility index (Phi) is 5.51. The van der Waals surface area contributed by atoms with Crippen LogP contribution in [0.4, 0.5) is 0 Å². The number of amidine groups is 1. The molecule has 5 nitrogen and oxygen atoms in total. The number of aryl methyl sites for hydroxylation is 1. The summed E-state index contributed by atoms with van der Waals surface area (Å²) in [5.74, 6) is 0.560. The van der Waals surface area contributed by atoms with E-state index in [0.717, 1.165) is 16.9 Å². The third-order valence-electron chi connectivity index (χ3n) is 4.37. The molecule has 2 aliphatic rings. The molecule has 1 atom stereocenters. The van der Waals surface area contributed by atoms with E-state index in [0.29, 0.717) is 29.5 Å². The number of aliphatic imine (C=N–C) groups is 1. The van der Waals surface area contributed by atoms with Crippen LogP contribution in [-0.4, -0.2) is 34.3 Å². The lowest BCUT2D eigenvalue weighted by molar-refractivity contribution is -0.141. The Morgan fingerprint density at radius 3 is 2.65 bits per heavy atom. The quantitative estimate of drug-likeness (QED) is 0.754. The van der Waals surface area contributed by atoms with Crippen LogP contribution in [0.15, 0.2) is 40.5 Å². The van der Waals surface area contributed by atoms with Crippen LogP contribution in [0.1, 0.15) is 44.4 Å². The number of benzene rings is 1. The molecule has 2 heterocycles. The fourth-order valence-electron chi connectivity index (χ4n) is 3.04. The van der Waals surface area contributed by atoms with E-state index in [1.807, 2.05) is 52.0 Å². The van der Waals surface area contributed by atoms with Crippen LogP contribution in [-0.2, 0) is 14.3 Å². The average molecular weight is 372 g/mol. The number of esters is 1. The molecule has 0 spiro atoms. The zero-order valence-electron chi connectivity index (χ0n) is 15.6. The van der Waals surface area contributed by atoms with Crippen molar-refractivity contribution < 1.29 is 14.3 Å². The second-order valence-electron chi connectivity index (χ2n) is 7.06. The molecule has 0 bridgehead atoms. The number of nitrogens with zero attached hydrogens (tertiary/aromatic N) is 2. The van der Waals surface area contributed by atoms with Crippen LogP contribution >= 0.6 is 11.8 Å². The number of amides is 1. The van der Waals surface area contributed by atoms with Gasteiger partial charge in [-0.2, -0.15) is 0 Å². The van der Waals surface area contributed by atoms with E-state index in [9.17, 15) is 9.59 Å². The molecule has 3 rings (SSSR count). The van der Waals surface area contributed by atoms with Gasteiger partial charge >= 0.3 is 5.97 Å². The first-order valence-electron chi connectivity index (χ1n) is 8.86. The molecule has 0 N–H and O–H groups in total. The number of rotatable bonds is 4. The molecule has 1 amide bonds. The van der Waals surface area contributed by atoms with E-state index in [-0.39, 0.29) is 11.8 Å². The van der Waals surface area contributed by atoms with Gasteiger partial charge in [0.1, 0.15) is 0 Å². The Morgan fingerprint density at radius 2 is 2.00 bits per heavy atom. The molecule has 0 saturated carbocycles. The van der Waals surface area contributed by atoms with Gasteiger partial charge in [0.2, 0.25) is 5.91 Å². The van der Waals surface area contributed by atoms with Crippen molar-refractivity contribution in [1.82, 2.24) is 4.90 Å². The Labute approximate surface area is 158 Å². The van der Waals surface area contributed by atoms with Crippen molar-refractivity contribution in [3.8, 4) is 0 Å². The maximum Gasteiger partial charge on any atom is 0.338 e. The van der Waals surface area contributed by atoms with Crippen LogP contribution in [0.25, 0.3) is 0 Å². The minimum absolute atomic E-state index is 0.00488. The third kappa shape index (κ3) is 3.70. The highest BCUT2D eigenvalue weighted by molar-refractivity contribution is 8.14. The van der Waals surface area contributed by atoms with Crippen LogP contribution in [0.2, 0.25) is 0 Å². The summed E-state index contributed by atoms with van der Waals surface area (Å²) in [6.07, 6.45) is 0.444. The Balaban J connectivity index is 2.06. The van der Waals surface area contributed by atoms with E-state index in [4.69, 9.17) is 4.74 Å². The minimum atomic E-state index is -0.483. The van der Waals surface area contributed by atoms with Crippen LogP contribution < -0.4 is 0 Å². The topological polar surface area (TPSA) is 59.0 Å². The second-order valence-corrected chi connectivity index (χ2v) is 8.12. The first-order valence-corrected chi connectivity index (χ1v) is 9.85. The maximum atomic E-state index is 12.9. The molecule has 6 heteroatoms. The fraction of sp³-hybridized carbons (Fsp3) is 0.450. The van der Waals surface area contributed by atoms with Gasteiger partial charge in [-0.25, -0.2) is 9.79 Å². The van der Waals surface area contributed by atoms with Gasteiger partial charge in [0.25, 0.3) is 0 Å². The maximum absolute atomic E-state index is 12.9. The molecule has 1 fully saturated rings. The SMILES string of the molecule is CC1=C(C(=O)OCC(C)C)[C@H](c2ccc(C)cc2)N2C(=O)CCSC2=N1. The molecule has 1 aromatic rings. The third-order valence-corrected chi connectivity index (χ3v) is 5.32. The van der Waals surface area contributed by atoms with Crippen molar-refractivity contribution in [2.45, 2.75) is 40.2 Å². The Bertz CT molecular complexity index is 781. The van der Waals surface area contributed by atoms with Crippen molar-refractivity contribution in [1.29, 1.82) is 0 Å². The van der Waals surface area contributed by atoms with Gasteiger partial charge in [-0.15, -0.1) is 0 Å². The van der Waals surface area contributed by atoms with Crippen molar-refractivity contribution in [2.24, 2.45) is 10.9 Å². The number of ether oxygens (including phenoxy) is 1. The lowest BCUT2D eigenvalue weighted by Gasteiger charge is -2.39. The van der Waals surface area contributed by atoms with Crippen LogP contribution in [0.3, 0.4) is 0 Å². The second kappa shape index (κ2) is 7.66. The largest absolute Gasteiger partial charge is 0.462 e. The van der Waals surface area contributed by atoms with Crippen LogP contribution in [0.5, 0.6) is 0 Å². The Hall–Kier alpha value is -2.08. The highest BCUT2D eigenvalue weighted by atomic mass is 32.2. The lowest BCUT2D eigenvalue weighted by atomic mass is 9.93. The molecule has 0 unspecified atom stereocenters. The summed E-state index contributed by atoms with van der Waals surface area (Å²) in [4.78, 5) is 31.7. The molecule has 1 saturated heterocycles. The van der Waals surface area contributed by atoms with Gasteiger partial charge in [0, 0.05) is 12.2 Å². The highest BCUT2D eigenvalue weighted by Crippen LogP contribution is 2.40. The van der Waals surface area contributed by atoms with Crippen molar-refractivity contribution >= 4 is 28.8 Å². The summed E-state index contributed by atoms with van der Waals surface area (Å²) in [7, 11) is 0. The lowest BCUT2D eigenvalue weighted by Crippen LogP contribution is -2.45. The summed E-state index contributed by atoms with van der Waals surface area (Å²) in [5.41, 5.74) is 3.10. The van der Waals surface area contributed by atoms with E-state index in [1.165, 1.54) is 0 Å². The molecule has 0 aromatic heterocycles. The zero-order chi connectivity index (χ0) is 18.8. The molecule has 0 radical (unpaired) electrons. The van der Waals surface area contributed by atoms with Gasteiger partial charge in [-0.05, 0) is 25.3 Å². The predicted octanol–water partition coefficient (Wildman–Crippen LogP) is 3.84. The zero-order valence-corrected chi connectivity index (χ0v) is 16.4. The number of hydrogen-bond donors (Lipinski definition) is 0. The number of allylic oxidation sites excluding steroid dienone is 1. The van der Waals surface area contributed by atoms with E-state index < -0.39 is 12.0 Å². The number of thioether (sulfide) groups is 1.